The van der Waals surface area contributed by atoms with Gasteiger partial charge in [-0.1, -0.05) is 19.9 Å². The number of benzene rings is 1. The van der Waals surface area contributed by atoms with Crippen LogP contribution in [-0.4, -0.2) is 46.5 Å². The standard InChI is InChI=1S/C19H18F2N4O.C13H15N3O2/c1-4-12-8-11(2)13(10-22-12)17-9-16(24-25(17)3)19(26)23-18-14(20)6-5-7-15(18)21;1-4-9-5-8(2)10(7-14-9)12-6-11(13(17)18)15-16(12)3/h5-10H,4H2,1-3H3,(H,23,26);5-7H,4H2,1-3H3,(H,17,18). The predicted octanol–water partition coefficient (Wildman–Crippen LogP) is 5.93. The van der Waals surface area contributed by atoms with Crippen LogP contribution in [0.15, 0.2) is 54.9 Å². The van der Waals surface area contributed by atoms with Gasteiger partial charge in [0, 0.05) is 49.0 Å². The minimum atomic E-state index is -1.02. The molecule has 0 aliphatic carbocycles. The molecule has 0 unspecified atom stereocenters. The second kappa shape index (κ2) is 13.4. The maximum Gasteiger partial charge on any atom is 0.356 e. The number of amides is 1. The van der Waals surface area contributed by atoms with Crippen molar-refractivity contribution in [2.75, 3.05) is 5.32 Å². The zero-order valence-electron chi connectivity index (χ0n) is 25.3. The van der Waals surface area contributed by atoms with E-state index in [1.807, 2.05) is 39.8 Å². The highest BCUT2D eigenvalue weighted by Gasteiger charge is 2.19. The minimum Gasteiger partial charge on any atom is -0.476 e. The molecule has 0 fully saturated rings. The molecular weight excluding hydrogens is 568 g/mol. The highest BCUT2D eigenvalue weighted by atomic mass is 19.1. The summed E-state index contributed by atoms with van der Waals surface area (Å²) in [5.74, 6) is -3.39. The summed E-state index contributed by atoms with van der Waals surface area (Å²) in [5.41, 5.74) is 6.90. The summed E-state index contributed by atoms with van der Waals surface area (Å²) in [6.07, 6.45) is 5.22. The zero-order chi connectivity index (χ0) is 32.1. The van der Waals surface area contributed by atoms with E-state index in [9.17, 15) is 18.4 Å². The maximum atomic E-state index is 13.7. The van der Waals surface area contributed by atoms with Gasteiger partial charge in [0.05, 0.1) is 11.4 Å². The molecule has 5 aromatic rings. The fourth-order valence-corrected chi connectivity index (χ4v) is 4.60. The van der Waals surface area contributed by atoms with Crippen LogP contribution in [0.25, 0.3) is 22.5 Å². The number of nitrogens with zero attached hydrogens (tertiary/aromatic N) is 6. The van der Waals surface area contributed by atoms with Gasteiger partial charge in [-0.2, -0.15) is 10.2 Å². The number of pyridine rings is 2. The topological polar surface area (TPSA) is 128 Å². The van der Waals surface area contributed by atoms with Crippen molar-refractivity contribution in [1.29, 1.82) is 0 Å². The number of halogens is 2. The monoisotopic (exact) mass is 601 g/mol. The first-order valence-electron chi connectivity index (χ1n) is 13.9. The molecule has 44 heavy (non-hydrogen) atoms. The van der Waals surface area contributed by atoms with Gasteiger partial charge in [-0.3, -0.25) is 24.1 Å². The Morgan fingerprint density at radius 1 is 0.795 bits per heavy atom. The van der Waals surface area contributed by atoms with Gasteiger partial charge in [0.15, 0.2) is 11.4 Å². The molecule has 12 heteroatoms. The minimum absolute atomic E-state index is 0.0477. The molecule has 228 valence electrons. The fourth-order valence-electron chi connectivity index (χ4n) is 4.60. The first-order chi connectivity index (χ1) is 20.9. The van der Waals surface area contributed by atoms with Crippen molar-refractivity contribution >= 4 is 17.6 Å². The third-order valence-corrected chi connectivity index (χ3v) is 7.02. The normalized spacial score (nSPS) is 10.7. The number of carboxylic acid groups (broad SMARTS) is 1. The van der Waals surface area contributed by atoms with Gasteiger partial charge in [-0.25, -0.2) is 13.6 Å². The number of aryl methyl sites for hydroxylation is 6. The lowest BCUT2D eigenvalue weighted by Gasteiger charge is -2.07. The smallest absolute Gasteiger partial charge is 0.356 e. The number of para-hydroxylation sites is 1. The summed E-state index contributed by atoms with van der Waals surface area (Å²) in [7, 11) is 3.43. The third kappa shape index (κ3) is 6.86. The van der Waals surface area contributed by atoms with Gasteiger partial charge < -0.3 is 10.4 Å². The Labute approximate surface area is 253 Å². The van der Waals surface area contributed by atoms with E-state index in [1.165, 1.54) is 6.07 Å². The molecule has 5 rings (SSSR count). The lowest BCUT2D eigenvalue weighted by atomic mass is 10.1. The van der Waals surface area contributed by atoms with E-state index in [2.05, 4.69) is 25.5 Å². The molecule has 4 aromatic heterocycles. The number of anilines is 1. The number of rotatable bonds is 7. The Morgan fingerprint density at radius 2 is 1.25 bits per heavy atom. The molecule has 0 bridgehead atoms. The van der Waals surface area contributed by atoms with Crippen molar-refractivity contribution in [3.63, 3.8) is 0 Å². The molecule has 2 N–H and O–H groups in total. The molecule has 1 aromatic carbocycles. The highest BCUT2D eigenvalue weighted by molar-refractivity contribution is 6.03. The molecule has 4 heterocycles. The number of nitrogens with one attached hydrogen (secondary N) is 1. The summed E-state index contributed by atoms with van der Waals surface area (Å²) in [5, 5.41) is 19.3. The number of hydrogen-bond acceptors (Lipinski definition) is 6. The number of hydrogen-bond donors (Lipinski definition) is 2. The van der Waals surface area contributed by atoms with E-state index in [0.29, 0.717) is 5.69 Å². The zero-order valence-corrected chi connectivity index (χ0v) is 25.3. The lowest BCUT2D eigenvalue weighted by molar-refractivity contribution is 0.0689. The summed E-state index contributed by atoms with van der Waals surface area (Å²) >= 11 is 0. The molecule has 0 saturated carbocycles. The highest BCUT2D eigenvalue weighted by Crippen LogP contribution is 2.26. The molecule has 0 saturated heterocycles. The Morgan fingerprint density at radius 3 is 1.66 bits per heavy atom. The third-order valence-electron chi connectivity index (χ3n) is 7.02. The van der Waals surface area contributed by atoms with Crippen LogP contribution in [0.4, 0.5) is 14.5 Å². The molecule has 0 aliphatic rings. The molecule has 10 nitrogen and oxygen atoms in total. The van der Waals surface area contributed by atoms with E-state index < -0.39 is 29.2 Å². The number of carbonyl (C=O) groups excluding carboxylic acids is 1. The van der Waals surface area contributed by atoms with E-state index >= 15 is 0 Å². The van der Waals surface area contributed by atoms with E-state index in [4.69, 9.17) is 5.11 Å². The van der Waals surface area contributed by atoms with Gasteiger partial charge in [-0.15, -0.1) is 0 Å². The quantitative estimate of drug-likeness (QED) is 0.237. The van der Waals surface area contributed by atoms with Crippen LogP contribution in [0.1, 0.15) is 57.3 Å². The van der Waals surface area contributed by atoms with Crippen LogP contribution >= 0.6 is 0 Å². The van der Waals surface area contributed by atoms with Gasteiger partial charge >= 0.3 is 5.97 Å². The van der Waals surface area contributed by atoms with E-state index in [0.717, 1.165) is 64.3 Å². The maximum absolute atomic E-state index is 13.7. The van der Waals surface area contributed by atoms with Gasteiger partial charge in [-0.05, 0) is 74.2 Å². The molecule has 0 radical (unpaired) electrons. The summed E-state index contributed by atoms with van der Waals surface area (Å²) in [4.78, 5) is 32.0. The Bertz CT molecular complexity index is 1830. The van der Waals surface area contributed by atoms with Crippen molar-refractivity contribution in [2.24, 2.45) is 14.1 Å². The largest absolute Gasteiger partial charge is 0.476 e. The van der Waals surface area contributed by atoms with Crippen molar-refractivity contribution in [3.8, 4) is 22.5 Å². The van der Waals surface area contributed by atoms with Crippen LogP contribution in [0.5, 0.6) is 0 Å². The Hall–Kier alpha value is -5.26. The second-order valence-corrected chi connectivity index (χ2v) is 10.1. The fraction of sp³-hybridized carbons (Fsp3) is 0.250. The van der Waals surface area contributed by atoms with Crippen LogP contribution in [0, 0.1) is 25.5 Å². The average molecular weight is 602 g/mol. The van der Waals surface area contributed by atoms with Gasteiger partial charge in [0.1, 0.15) is 17.3 Å². The van der Waals surface area contributed by atoms with Crippen molar-refractivity contribution in [1.82, 2.24) is 29.5 Å². The summed E-state index contributed by atoms with van der Waals surface area (Å²) < 4.78 is 30.5. The van der Waals surface area contributed by atoms with Crippen molar-refractivity contribution < 1.29 is 23.5 Å². The molecule has 1 amide bonds. The van der Waals surface area contributed by atoms with Crippen LogP contribution in [0.3, 0.4) is 0 Å². The second-order valence-electron chi connectivity index (χ2n) is 10.1. The van der Waals surface area contributed by atoms with E-state index in [1.54, 1.807) is 48.0 Å². The summed E-state index contributed by atoms with van der Waals surface area (Å²) in [6, 6.07) is 10.5. The van der Waals surface area contributed by atoms with Crippen molar-refractivity contribution in [3.05, 3.63) is 100 Å². The Balaban J connectivity index is 0.000000215. The van der Waals surface area contributed by atoms with Crippen LogP contribution in [-0.2, 0) is 26.9 Å². The SMILES string of the molecule is CCc1cc(C)c(-c2cc(C(=O)Nc3c(F)cccc3F)nn2C)cn1.CCc1cc(C)c(-c2cc(C(=O)O)nn2C)cn1. The molecule has 0 atom stereocenters. The molecule has 0 aliphatic heterocycles. The van der Waals surface area contributed by atoms with Crippen LogP contribution in [0.2, 0.25) is 0 Å². The molecular formula is C32H33F2N7O3. The Kier molecular flexibility index (Phi) is 9.62. The number of aromatic nitrogens is 6. The van der Waals surface area contributed by atoms with Gasteiger partial charge in [0.2, 0.25) is 0 Å². The molecule has 0 spiro atoms. The van der Waals surface area contributed by atoms with Gasteiger partial charge in [0.25, 0.3) is 5.91 Å². The van der Waals surface area contributed by atoms with E-state index in [-0.39, 0.29) is 11.4 Å². The average Bonchev–Trinajstić information content (AvgIpc) is 3.57. The first-order valence-corrected chi connectivity index (χ1v) is 13.9. The van der Waals surface area contributed by atoms with Crippen molar-refractivity contribution in [2.45, 2.75) is 40.5 Å². The summed E-state index contributed by atoms with van der Waals surface area (Å²) in [6.45, 7) is 8.02. The number of carboxylic acids is 1. The lowest BCUT2D eigenvalue weighted by Crippen LogP contribution is -2.15. The number of carbonyl (C=O) groups is 2. The first kappa shape index (κ1) is 31.7. The predicted molar refractivity (Wildman–Crippen MR) is 162 cm³/mol. The number of aromatic carboxylic acids is 1. The van der Waals surface area contributed by atoms with Crippen LogP contribution < -0.4 is 5.32 Å².